The number of esters is 1. The average molecular weight is 313 g/mol. The van der Waals surface area contributed by atoms with E-state index in [-0.39, 0.29) is 23.6 Å². The van der Waals surface area contributed by atoms with Crippen molar-refractivity contribution in [1.82, 2.24) is 0 Å². The molecule has 0 radical (unpaired) electrons. The molecular weight excluding hydrogens is 299 g/mol. The Bertz CT molecular complexity index is 546. The zero-order valence-electron chi connectivity index (χ0n) is 10.9. The minimum atomic E-state index is -0.297. The fourth-order valence-corrected chi connectivity index (χ4v) is 2.50. The molecule has 0 aliphatic heterocycles. The highest BCUT2D eigenvalue weighted by Crippen LogP contribution is 2.40. The van der Waals surface area contributed by atoms with Crippen molar-refractivity contribution in [1.29, 1.82) is 0 Å². The maximum Gasteiger partial charge on any atom is 0.309 e. The van der Waals surface area contributed by atoms with E-state index in [4.69, 9.17) is 27.9 Å². The number of ether oxygens (including phenoxy) is 1. The Kier molecular flexibility index (Phi) is 4.84. The molecule has 0 bridgehead atoms. The summed E-state index contributed by atoms with van der Waals surface area (Å²) in [6, 6.07) is 5.15. The Hall–Kier alpha value is -1.32. The van der Waals surface area contributed by atoms with Gasteiger partial charge in [-0.25, -0.2) is 0 Å². The van der Waals surface area contributed by atoms with E-state index in [1.165, 1.54) is 6.08 Å². The van der Waals surface area contributed by atoms with Crippen molar-refractivity contribution in [3.63, 3.8) is 0 Å². The van der Waals surface area contributed by atoms with E-state index in [9.17, 15) is 9.59 Å². The predicted molar refractivity (Wildman–Crippen MR) is 78.7 cm³/mol. The zero-order valence-corrected chi connectivity index (χ0v) is 12.4. The molecule has 0 saturated heterocycles. The maximum atomic E-state index is 11.9. The summed E-state index contributed by atoms with van der Waals surface area (Å²) < 4.78 is 4.89. The van der Waals surface area contributed by atoms with Crippen LogP contribution in [0.4, 0.5) is 0 Å². The molecule has 0 aromatic heterocycles. The molecule has 1 aliphatic rings. The fraction of sp³-hybridized carbons (Fsp3) is 0.333. The third-order valence-electron chi connectivity index (χ3n) is 3.16. The summed E-state index contributed by atoms with van der Waals surface area (Å²) in [5, 5.41) is 0.971. The van der Waals surface area contributed by atoms with Gasteiger partial charge in [0.15, 0.2) is 5.78 Å². The van der Waals surface area contributed by atoms with E-state index < -0.39 is 0 Å². The van der Waals surface area contributed by atoms with Crippen LogP contribution in [0.5, 0.6) is 0 Å². The lowest BCUT2D eigenvalue weighted by atomic mass is 10.1. The Balaban J connectivity index is 2.00. The van der Waals surface area contributed by atoms with Gasteiger partial charge in [-0.3, -0.25) is 9.59 Å². The molecule has 3 nitrogen and oxygen atoms in total. The number of rotatable bonds is 5. The van der Waals surface area contributed by atoms with Gasteiger partial charge in [-0.05, 0) is 37.6 Å². The standard InChI is InChI=1S/C15H14Cl2O3/c1-2-20-15(19)11-8-10(11)14(18)7-6-9-12(16)4-3-5-13(9)17/h3-7,10-11H,2,8H2,1H3/b7-6+/t10-,11-/m0/s1. The molecule has 0 heterocycles. The zero-order chi connectivity index (χ0) is 14.7. The first kappa shape index (κ1) is 15.1. The van der Waals surface area contributed by atoms with Gasteiger partial charge in [0.25, 0.3) is 0 Å². The van der Waals surface area contributed by atoms with Gasteiger partial charge in [-0.1, -0.05) is 29.3 Å². The van der Waals surface area contributed by atoms with Crippen molar-refractivity contribution in [3.05, 3.63) is 39.9 Å². The maximum absolute atomic E-state index is 11.9. The Morgan fingerprint density at radius 2 is 1.95 bits per heavy atom. The summed E-state index contributed by atoms with van der Waals surface area (Å²) >= 11 is 12.0. The van der Waals surface area contributed by atoms with Crippen LogP contribution >= 0.6 is 23.2 Å². The normalized spacial score (nSPS) is 20.9. The number of hydrogen-bond donors (Lipinski definition) is 0. The van der Waals surface area contributed by atoms with Gasteiger partial charge in [-0.2, -0.15) is 0 Å². The summed E-state index contributed by atoms with van der Waals surface area (Å²) in [5.41, 5.74) is 0.609. The first-order valence-electron chi connectivity index (χ1n) is 6.37. The van der Waals surface area contributed by atoms with Crippen LogP contribution in [0.15, 0.2) is 24.3 Å². The van der Waals surface area contributed by atoms with E-state index in [0.29, 0.717) is 28.6 Å². The third-order valence-corrected chi connectivity index (χ3v) is 3.82. The molecule has 1 aliphatic carbocycles. The van der Waals surface area contributed by atoms with E-state index in [0.717, 1.165) is 0 Å². The van der Waals surface area contributed by atoms with Crippen LogP contribution in [0.25, 0.3) is 6.08 Å². The number of hydrogen-bond acceptors (Lipinski definition) is 3. The van der Waals surface area contributed by atoms with Crippen LogP contribution in [-0.4, -0.2) is 18.4 Å². The summed E-state index contributed by atoms with van der Waals surface area (Å²) in [6.07, 6.45) is 3.57. The van der Waals surface area contributed by atoms with Crippen LogP contribution < -0.4 is 0 Å². The second kappa shape index (κ2) is 6.42. The molecule has 1 saturated carbocycles. The van der Waals surface area contributed by atoms with Gasteiger partial charge in [0.05, 0.1) is 12.5 Å². The molecule has 2 atom stereocenters. The first-order valence-corrected chi connectivity index (χ1v) is 7.12. The molecule has 0 spiro atoms. The van der Waals surface area contributed by atoms with Crippen molar-refractivity contribution < 1.29 is 14.3 Å². The molecule has 1 fully saturated rings. The smallest absolute Gasteiger partial charge is 0.309 e. The van der Waals surface area contributed by atoms with Crippen LogP contribution in [0.2, 0.25) is 10.0 Å². The highest BCUT2D eigenvalue weighted by Gasteiger charge is 2.47. The fourth-order valence-electron chi connectivity index (χ4n) is 1.98. The van der Waals surface area contributed by atoms with E-state index in [2.05, 4.69) is 0 Å². The van der Waals surface area contributed by atoms with Crippen molar-refractivity contribution in [2.24, 2.45) is 11.8 Å². The van der Waals surface area contributed by atoms with E-state index >= 15 is 0 Å². The highest BCUT2D eigenvalue weighted by molar-refractivity contribution is 6.37. The first-order chi connectivity index (χ1) is 9.54. The molecule has 1 aromatic carbocycles. The topological polar surface area (TPSA) is 43.4 Å². The van der Waals surface area contributed by atoms with Gasteiger partial charge < -0.3 is 4.74 Å². The van der Waals surface area contributed by atoms with Crippen LogP contribution in [0.1, 0.15) is 18.9 Å². The Morgan fingerprint density at radius 1 is 1.30 bits per heavy atom. The summed E-state index contributed by atoms with van der Waals surface area (Å²) in [4.78, 5) is 23.4. The molecule has 2 rings (SSSR count). The third kappa shape index (κ3) is 3.41. The number of carbonyl (C=O) groups is 2. The molecule has 1 aromatic rings. The molecule has 5 heteroatoms. The Morgan fingerprint density at radius 3 is 2.55 bits per heavy atom. The largest absolute Gasteiger partial charge is 0.466 e. The lowest BCUT2D eigenvalue weighted by Crippen LogP contribution is -2.10. The van der Waals surface area contributed by atoms with Crippen LogP contribution in [0, 0.1) is 11.8 Å². The van der Waals surface area contributed by atoms with Crippen molar-refractivity contribution in [2.75, 3.05) is 6.61 Å². The lowest BCUT2D eigenvalue weighted by Gasteiger charge is -2.01. The second-order valence-electron chi connectivity index (χ2n) is 4.57. The molecular formula is C15H14Cl2O3. The lowest BCUT2D eigenvalue weighted by molar-refractivity contribution is -0.145. The minimum absolute atomic E-state index is 0.0981. The average Bonchev–Trinajstić information content (AvgIpc) is 3.18. The summed E-state index contributed by atoms with van der Waals surface area (Å²) in [7, 11) is 0. The monoisotopic (exact) mass is 312 g/mol. The SMILES string of the molecule is CCOC(=O)[C@H]1C[C@@H]1C(=O)/C=C/c1c(Cl)cccc1Cl. The van der Waals surface area contributed by atoms with Crippen LogP contribution in [-0.2, 0) is 14.3 Å². The second-order valence-corrected chi connectivity index (χ2v) is 5.39. The highest BCUT2D eigenvalue weighted by atomic mass is 35.5. The summed E-state index contributed by atoms with van der Waals surface area (Å²) in [5.74, 6) is -0.963. The molecule has 0 amide bonds. The molecule has 106 valence electrons. The van der Waals surface area contributed by atoms with Crippen molar-refractivity contribution >= 4 is 41.0 Å². The number of halogens is 2. The van der Waals surface area contributed by atoms with Crippen molar-refractivity contribution in [2.45, 2.75) is 13.3 Å². The van der Waals surface area contributed by atoms with Gasteiger partial charge in [0.1, 0.15) is 0 Å². The molecule has 0 unspecified atom stereocenters. The molecule has 20 heavy (non-hydrogen) atoms. The van der Waals surface area contributed by atoms with Gasteiger partial charge in [0, 0.05) is 21.5 Å². The van der Waals surface area contributed by atoms with Gasteiger partial charge in [-0.15, -0.1) is 0 Å². The number of ketones is 1. The summed E-state index contributed by atoms with van der Waals surface area (Å²) in [6.45, 7) is 2.08. The predicted octanol–water partition coefficient (Wildman–Crippen LogP) is 3.77. The van der Waals surface area contributed by atoms with Gasteiger partial charge >= 0.3 is 5.97 Å². The minimum Gasteiger partial charge on any atom is -0.466 e. The van der Waals surface area contributed by atoms with Crippen molar-refractivity contribution in [3.8, 4) is 0 Å². The molecule has 0 N–H and O–H groups in total. The number of carbonyl (C=O) groups excluding carboxylic acids is 2. The van der Waals surface area contributed by atoms with Gasteiger partial charge in [0.2, 0.25) is 0 Å². The van der Waals surface area contributed by atoms with E-state index in [1.807, 2.05) is 0 Å². The number of allylic oxidation sites excluding steroid dienone is 1. The quantitative estimate of drug-likeness (QED) is 0.614. The Labute approximate surface area is 127 Å². The number of benzene rings is 1. The van der Waals surface area contributed by atoms with Crippen LogP contribution in [0.3, 0.4) is 0 Å². The van der Waals surface area contributed by atoms with E-state index in [1.54, 1.807) is 31.2 Å².